The molecule has 10 nitrogen and oxygen atoms in total. The minimum absolute atomic E-state index is 0.0305. The van der Waals surface area contributed by atoms with Gasteiger partial charge in [-0.05, 0) is 49.4 Å². The van der Waals surface area contributed by atoms with E-state index >= 15 is 0 Å². The molecule has 4 amide bonds. The van der Waals surface area contributed by atoms with Crippen LogP contribution >= 0.6 is 0 Å². The lowest BCUT2D eigenvalue weighted by Gasteiger charge is -2.20. The number of amides is 4. The Kier molecular flexibility index (Phi) is 5.88. The maximum absolute atomic E-state index is 13.0. The van der Waals surface area contributed by atoms with Gasteiger partial charge in [0.15, 0.2) is 5.54 Å². The number of furan rings is 1. The first kappa shape index (κ1) is 23.1. The molecule has 1 atom stereocenters. The number of hydrogen-bond donors (Lipinski definition) is 2. The number of rotatable bonds is 7. The quantitative estimate of drug-likeness (QED) is 0.498. The van der Waals surface area contributed by atoms with Crippen molar-refractivity contribution < 1.29 is 27.2 Å². The number of para-hydroxylation sites is 1. The first-order valence-electron chi connectivity index (χ1n) is 10.2. The number of carbonyl (C=O) groups is 3. The maximum atomic E-state index is 13.0. The molecule has 1 fully saturated rings. The predicted octanol–water partition coefficient (Wildman–Crippen LogP) is 2.51. The zero-order valence-electron chi connectivity index (χ0n) is 18.4. The van der Waals surface area contributed by atoms with Crippen molar-refractivity contribution in [2.45, 2.75) is 17.4 Å². The summed E-state index contributed by atoms with van der Waals surface area (Å²) in [6.07, 6.45) is 1.38. The summed E-state index contributed by atoms with van der Waals surface area (Å²) in [6, 6.07) is 16.7. The SMILES string of the molecule is CN(c1ccccc1)S(=O)(=O)c1cccc(NC(=O)CN2C(=O)NC(C)(c3ccco3)C2=O)c1. The molecule has 11 heteroatoms. The van der Waals surface area contributed by atoms with Gasteiger partial charge in [-0.15, -0.1) is 0 Å². The summed E-state index contributed by atoms with van der Waals surface area (Å²) in [5.41, 5.74) is -0.736. The fourth-order valence-corrected chi connectivity index (χ4v) is 4.83. The van der Waals surface area contributed by atoms with E-state index in [2.05, 4.69) is 10.6 Å². The highest BCUT2D eigenvalue weighted by Crippen LogP contribution is 2.29. The third-order valence-corrected chi connectivity index (χ3v) is 7.27. The highest BCUT2D eigenvalue weighted by Gasteiger charge is 2.51. The third kappa shape index (κ3) is 4.13. The Morgan fingerprint density at radius 1 is 1.09 bits per heavy atom. The first-order valence-corrected chi connectivity index (χ1v) is 11.7. The van der Waals surface area contributed by atoms with Crippen LogP contribution in [0, 0.1) is 0 Å². The fraction of sp³-hybridized carbons (Fsp3) is 0.174. The molecule has 176 valence electrons. The lowest BCUT2D eigenvalue weighted by Crippen LogP contribution is -2.41. The van der Waals surface area contributed by atoms with Crippen molar-refractivity contribution in [2.75, 3.05) is 23.2 Å². The Morgan fingerprint density at radius 3 is 2.50 bits per heavy atom. The van der Waals surface area contributed by atoms with Gasteiger partial charge in [0.25, 0.3) is 15.9 Å². The number of sulfonamides is 1. The monoisotopic (exact) mass is 482 g/mol. The van der Waals surface area contributed by atoms with Gasteiger partial charge in [0.05, 0.1) is 16.8 Å². The van der Waals surface area contributed by atoms with E-state index in [1.54, 1.807) is 42.5 Å². The van der Waals surface area contributed by atoms with Crippen molar-refractivity contribution in [3.8, 4) is 0 Å². The normalized spacial score (nSPS) is 18.0. The number of benzene rings is 2. The van der Waals surface area contributed by atoms with Crippen LogP contribution in [0.1, 0.15) is 12.7 Å². The summed E-state index contributed by atoms with van der Waals surface area (Å²) in [6.45, 7) is 0.934. The van der Waals surface area contributed by atoms with Crippen molar-refractivity contribution in [1.82, 2.24) is 10.2 Å². The van der Waals surface area contributed by atoms with Crippen LogP contribution in [0.2, 0.25) is 0 Å². The average Bonchev–Trinajstić information content (AvgIpc) is 3.44. The van der Waals surface area contributed by atoms with Crippen molar-refractivity contribution in [3.63, 3.8) is 0 Å². The van der Waals surface area contributed by atoms with Crippen LogP contribution in [0.25, 0.3) is 0 Å². The zero-order valence-corrected chi connectivity index (χ0v) is 19.2. The Hall–Kier alpha value is -4.12. The summed E-state index contributed by atoms with van der Waals surface area (Å²) in [5.74, 6) is -1.06. The molecule has 1 aliphatic rings. The van der Waals surface area contributed by atoms with Crippen LogP contribution in [0.5, 0.6) is 0 Å². The molecule has 3 aromatic rings. The van der Waals surface area contributed by atoms with Crippen LogP contribution in [-0.4, -0.2) is 44.8 Å². The van der Waals surface area contributed by atoms with Gasteiger partial charge in [-0.25, -0.2) is 13.2 Å². The summed E-state index contributed by atoms with van der Waals surface area (Å²) in [5, 5.41) is 5.08. The van der Waals surface area contributed by atoms with E-state index in [4.69, 9.17) is 4.42 Å². The topological polar surface area (TPSA) is 129 Å². The summed E-state index contributed by atoms with van der Waals surface area (Å²) >= 11 is 0. The Labute approximate surface area is 196 Å². The van der Waals surface area contributed by atoms with E-state index in [9.17, 15) is 22.8 Å². The molecule has 0 radical (unpaired) electrons. The molecule has 34 heavy (non-hydrogen) atoms. The van der Waals surface area contributed by atoms with Gasteiger partial charge in [0.2, 0.25) is 5.91 Å². The maximum Gasteiger partial charge on any atom is 0.325 e. The lowest BCUT2D eigenvalue weighted by molar-refractivity contribution is -0.134. The summed E-state index contributed by atoms with van der Waals surface area (Å²) in [7, 11) is -2.45. The molecule has 1 unspecified atom stereocenters. The van der Waals surface area contributed by atoms with E-state index in [0.29, 0.717) is 5.69 Å². The van der Waals surface area contributed by atoms with Crippen molar-refractivity contribution in [2.24, 2.45) is 0 Å². The molecule has 2 heterocycles. The molecule has 2 aromatic carbocycles. The molecule has 1 aliphatic heterocycles. The van der Waals surface area contributed by atoms with E-state index < -0.39 is 40.0 Å². The number of nitrogens with zero attached hydrogens (tertiary/aromatic N) is 2. The number of hydrogen-bond acceptors (Lipinski definition) is 6. The van der Waals surface area contributed by atoms with Gasteiger partial charge in [-0.1, -0.05) is 24.3 Å². The van der Waals surface area contributed by atoms with Gasteiger partial charge in [0, 0.05) is 12.7 Å². The van der Waals surface area contributed by atoms with Crippen LogP contribution in [-0.2, 0) is 25.2 Å². The fourth-order valence-electron chi connectivity index (χ4n) is 3.58. The standard InChI is InChI=1S/C23H22N4O6S/c1-23(19-12-7-13-33-19)21(29)27(22(30)25-23)15-20(28)24-16-8-6-11-18(14-16)34(31,32)26(2)17-9-4-3-5-10-17/h3-14H,15H2,1-2H3,(H,24,28)(H,25,30). The van der Waals surface area contributed by atoms with E-state index in [0.717, 1.165) is 9.21 Å². The minimum atomic E-state index is -3.89. The van der Waals surface area contributed by atoms with Gasteiger partial charge in [-0.3, -0.25) is 18.8 Å². The molecule has 4 rings (SSSR count). The average molecular weight is 483 g/mol. The molecule has 0 aliphatic carbocycles. The Balaban J connectivity index is 1.48. The van der Waals surface area contributed by atoms with Gasteiger partial charge in [0.1, 0.15) is 12.3 Å². The van der Waals surface area contributed by atoms with Crippen molar-refractivity contribution in [3.05, 3.63) is 78.8 Å². The smallest absolute Gasteiger partial charge is 0.325 e. The van der Waals surface area contributed by atoms with Crippen LogP contribution in [0.3, 0.4) is 0 Å². The Morgan fingerprint density at radius 2 is 1.82 bits per heavy atom. The van der Waals surface area contributed by atoms with E-state index in [1.165, 1.54) is 44.5 Å². The third-order valence-electron chi connectivity index (χ3n) is 5.49. The molecule has 0 spiro atoms. The first-order chi connectivity index (χ1) is 16.1. The van der Waals surface area contributed by atoms with E-state index in [-0.39, 0.29) is 16.3 Å². The number of urea groups is 1. The van der Waals surface area contributed by atoms with Gasteiger partial charge >= 0.3 is 6.03 Å². The Bertz CT molecular complexity index is 1340. The largest absolute Gasteiger partial charge is 0.466 e. The minimum Gasteiger partial charge on any atom is -0.466 e. The van der Waals surface area contributed by atoms with Crippen LogP contribution < -0.4 is 14.9 Å². The van der Waals surface area contributed by atoms with Crippen LogP contribution in [0.4, 0.5) is 16.2 Å². The highest BCUT2D eigenvalue weighted by atomic mass is 32.2. The highest BCUT2D eigenvalue weighted by molar-refractivity contribution is 7.92. The molecule has 0 saturated carbocycles. The van der Waals surface area contributed by atoms with E-state index in [1.807, 2.05) is 0 Å². The molecule has 1 aromatic heterocycles. The zero-order chi connectivity index (χ0) is 24.5. The number of nitrogens with one attached hydrogen (secondary N) is 2. The molecular formula is C23H22N4O6S. The van der Waals surface area contributed by atoms with Gasteiger partial charge < -0.3 is 15.1 Å². The van der Waals surface area contributed by atoms with Crippen molar-refractivity contribution >= 4 is 39.2 Å². The van der Waals surface area contributed by atoms with Crippen molar-refractivity contribution in [1.29, 1.82) is 0 Å². The van der Waals surface area contributed by atoms with Crippen LogP contribution in [0.15, 0.2) is 82.3 Å². The lowest BCUT2D eigenvalue weighted by atomic mass is 9.99. The summed E-state index contributed by atoms with van der Waals surface area (Å²) < 4.78 is 32.4. The number of carbonyl (C=O) groups excluding carboxylic acids is 3. The second-order valence-electron chi connectivity index (χ2n) is 7.81. The molecule has 0 bridgehead atoms. The summed E-state index contributed by atoms with van der Waals surface area (Å²) in [4.78, 5) is 38.6. The predicted molar refractivity (Wildman–Crippen MR) is 123 cm³/mol. The van der Waals surface area contributed by atoms with Gasteiger partial charge in [-0.2, -0.15) is 0 Å². The number of imide groups is 1. The second-order valence-corrected chi connectivity index (χ2v) is 9.78. The molecule has 2 N–H and O–H groups in total. The second kappa shape index (κ2) is 8.67. The number of anilines is 2. The molecule has 1 saturated heterocycles. The molecular weight excluding hydrogens is 460 g/mol.